The normalized spacial score (nSPS) is 24.9. The molecule has 106 valence electrons. The van der Waals surface area contributed by atoms with Gasteiger partial charge in [-0.25, -0.2) is 0 Å². The van der Waals surface area contributed by atoms with Crippen molar-refractivity contribution in [2.75, 3.05) is 7.05 Å². The molecule has 1 aromatic carbocycles. The Labute approximate surface area is 132 Å². The van der Waals surface area contributed by atoms with Crippen molar-refractivity contribution in [1.82, 2.24) is 5.32 Å². The van der Waals surface area contributed by atoms with Crippen LogP contribution in [0, 0.1) is 5.41 Å². The Hall–Kier alpha value is -0.0600. The summed E-state index contributed by atoms with van der Waals surface area (Å²) in [5, 5.41) is 3.43. The van der Waals surface area contributed by atoms with Crippen LogP contribution >= 0.6 is 31.9 Å². The zero-order valence-corrected chi connectivity index (χ0v) is 14.8. The van der Waals surface area contributed by atoms with Gasteiger partial charge in [0.1, 0.15) is 11.9 Å². The summed E-state index contributed by atoms with van der Waals surface area (Å²) in [5.74, 6) is 0.939. The molecule has 0 heterocycles. The zero-order valence-electron chi connectivity index (χ0n) is 11.7. The molecule has 0 radical (unpaired) electrons. The maximum Gasteiger partial charge on any atom is 0.134 e. The molecule has 0 amide bonds. The molecule has 1 fully saturated rings. The molecular formula is C15H21Br2NO. The number of hydrogen-bond donors (Lipinski definition) is 1. The van der Waals surface area contributed by atoms with Gasteiger partial charge in [-0.15, -0.1) is 0 Å². The van der Waals surface area contributed by atoms with Crippen LogP contribution in [0.15, 0.2) is 27.1 Å². The fourth-order valence-corrected chi connectivity index (χ4v) is 4.38. The van der Waals surface area contributed by atoms with Crippen LogP contribution in [0.2, 0.25) is 0 Å². The molecule has 2 nitrogen and oxygen atoms in total. The van der Waals surface area contributed by atoms with E-state index in [2.05, 4.69) is 58.1 Å². The van der Waals surface area contributed by atoms with Crippen molar-refractivity contribution in [2.24, 2.45) is 5.41 Å². The van der Waals surface area contributed by atoms with Crippen LogP contribution in [0.4, 0.5) is 0 Å². The van der Waals surface area contributed by atoms with Crippen molar-refractivity contribution in [2.45, 2.75) is 45.3 Å². The Kier molecular flexibility index (Phi) is 4.96. The molecule has 0 aliphatic heterocycles. The molecule has 0 aromatic heterocycles. The first kappa shape index (κ1) is 15.3. The van der Waals surface area contributed by atoms with E-state index in [0.29, 0.717) is 12.1 Å². The predicted octanol–water partition coefficient (Wildman–Crippen LogP) is 4.76. The topological polar surface area (TPSA) is 21.3 Å². The van der Waals surface area contributed by atoms with Crippen molar-refractivity contribution >= 4 is 31.9 Å². The van der Waals surface area contributed by atoms with Gasteiger partial charge in [-0.3, -0.25) is 0 Å². The molecule has 1 aliphatic carbocycles. The highest BCUT2D eigenvalue weighted by Gasteiger charge is 2.53. The summed E-state index contributed by atoms with van der Waals surface area (Å²) in [4.78, 5) is 0. The van der Waals surface area contributed by atoms with Gasteiger partial charge in [-0.2, -0.15) is 0 Å². The average Bonchev–Trinajstić information content (AvgIpc) is 2.38. The van der Waals surface area contributed by atoms with E-state index in [0.717, 1.165) is 34.0 Å². The molecule has 0 saturated heterocycles. The van der Waals surface area contributed by atoms with Gasteiger partial charge in [0.25, 0.3) is 0 Å². The van der Waals surface area contributed by atoms with Gasteiger partial charge < -0.3 is 10.1 Å². The van der Waals surface area contributed by atoms with E-state index >= 15 is 0 Å². The molecule has 19 heavy (non-hydrogen) atoms. The monoisotopic (exact) mass is 389 g/mol. The molecule has 1 aromatic rings. The van der Waals surface area contributed by atoms with Gasteiger partial charge in [0.05, 0.1) is 4.47 Å². The van der Waals surface area contributed by atoms with Crippen molar-refractivity contribution in [3.63, 3.8) is 0 Å². The average molecular weight is 391 g/mol. The molecule has 2 atom stereocenters. The van der Waals surface area contributed by atoms with E-state index in [1.54, 1.807) is 0 Å². The minimum atomic E-state index is 0.265. The number of hydrogen-bond acceptors (Lipinski definition) is 2. The Morgan fingerprint density at radius 3 is 2.53 bits per heavy atom. The number of rotatable bonds is 5. The highest BCUT2D eigenvalue weighted by Crippen LogP contribution is 2.49. The van der Waals surface area contributed by atoms with Crippen LogP contribution in [0.25, 0.3) is 0 Å². The second-order valence-corrected chi connectivity index (χ2v) is 6.97. The summed E-state index contributed by atoms with van der Waals surface area (Å²) in [6.07, 6.45) is 3.68. The molecule has 2 unspecified atom stereocenters. The highest BCUT2D eigenvalue weighted by atomic mass is 79.9. The Balaban J connectivity index is 2.15. The summed E-state index contributed by atoms with van der Waals surface area (Å²) >= 11 is 7.04. The van der Waals surface area contributed by atoms with E-state index in [9.17, 15) is 0 Å². The quantitative estimate of drug-likeness (QED) is 0.782. The van der Waals surface area contributed by atoms with Crippen molar-refractivity contribution in [1.29, 1.82) is 0 Å². The Bertz CT molecular complexity index is 446. The van der Waals surface area contributed by atoms with Crippen LogP contribution in [0.5, 0.6) is 5.75 Å². The van der Waals surface area contributed by atoms with E-state index in [4.69, 9.17) is 4.74 Å². The van der Waals surface area contributed by atoms with Crippen LogP contribution in [-0.4, -0.2) is 19.2 Å². The first-order valence-electron chi connectivity index (χ1n) is 6.86. The lowest BCUT2D eigenvalue weighted by Gasteiger charge is -2.55. The van der Waals surface area contributed by atoms with Gasteiger partial charge in [-0.1, -0.05) is 29.8 Å². The van der Waals surface area contributed by atoms with E-state index in [1.807, 2.05) is 18.2 Å². The highest BCUT2D eigenvalue weighted by molar-refractivity contribution is 9.11. The standard InChI is InChI=1S/C15H21Br2NO/c1-4-15(5-2)13(18-3)9-14(15)19-12-7-6-10(16)8-11(12)17/h6-8,13-14,18H,4-5,9H2,1-3H3. The second-order valence-electron chi connectivity index (χ2n) is 5.20. The molecule has 0 spiro atoms. The molecule has 0 bridgehead atoms. The number of nitrogens with one attached hydrogen (secondary N) is 1. The van der Waals surface area contributed by atoms with E-state index in [-0.39, 0.29) is 5.41 Å². The fourth-order valence-electron chi connectivity index (χ4n) is 3.24. The summed E-state index contributed by atoms with van der Waals surface area (Å²) in [7, 11) is 2.05. The first-order chi connectivity index (χ1) is 9.07. The molecular weight excluding hydrogens is 370 g/mol. The third-order valence-corrected chi connectivity index (χ3v) is 5.73. The number of halogens is 2. The fraction of sp³-hybridized carbons (Fsp3) is 0.600. The maximum absolute atomic E-state index is 6.26. The summed E-state index contributed by atoms with van der Waals surface area (Å²) in [6, 6.07) is 6.65. The summed E-state index contributed by atoms with van der Waals surface area (Å²) in [6.45, 7) is 4.53. The van der Waals surface area contributed by atoms with Crippen LogP contribution < -0.4 is 10.1 Å². The third-order valence-electron chi connectivity index (χ3n) is 4.61. The zero-order chi connectivity index (χ0) is 14.0. The predicted molar refractivity (Wildman–Crippen MR) is 86.7 cm³/mol. The largest absolute Gasteiger partial charge is 0.489 e. The van der Waals surface area contributed by atoms with E-state index in [1.165, 1.54) is 0 Å². The lowest BCUT2D eigenvalue weighted by molar-refractivity contribution is -0.0839. The SMILES string of the molecule is CCC1(CC)C(NC)CC1Oc1ccc(Br)cc1Br. The van der Waals surface area contributed by atoms with Crippen molar-refractivity contribution < 1.29 is 4.74 Å². The van der Waals surface area contributed by atoms with Crippen molar-refractivity contribution in [3.05, 3.63) is 27.1 Å². The molecule has 1 aliphatic rings. The number of benzene rings is 1. The van der Waals surface area contributed by atoms with Gasteiger partial charge >= 0.3 is 0 Å². The first-order valence-corrected chi connectivity index (χ1v) is 8.45. The smallest absolute Gasteiger partial charge is 0.134 e. The van der Waals surface area contributed by atoms with Crippen LogP contribution in [0.1, 0.15) is 33.1 Å². The van der Waals surface area contributed by atoms with Gasteiger partial charge in [-0.05, 0) is 54.0 Å². The summed E-state index contributed by atoms with van der Waals surface area (Å²) < 4.78 is 8.33. The Morgan fingerprint density at radius 2 is 2.00 bits per heavy atom. The van der Waals surface area contributed by atoms with Gasteiger partial charge in [0.2, 0.25) is 0 Å². The van der Waals surface area contributed by atoms with Gasteiger partial charge in [0, 0.05) is 22.4 Å². The van der Waals surface area contributed by atoms with Crippen LogP contribution in [-0.2, 0) is 0 Å². The van der Waals surface area contributed by atoms with Gasteiger partial charge in [0.15, 0.2) is 0 Å². The molecule has 1 N–H and O–H groups in total. The third kappa shape index (κ3) is 2.72. The molecule has 2 rings (SSSR count). The van der Waals surface area contributed by atoms with E-state index < -0.39 is 0 Å². The molecule has 1 saturated carbocycles. The maximum atomic E-state index is 6.26. The van der Waals surface area contributed by atoms with Crippen molar-refractivity contribution in [3.8, 4) is 5.75 Å². The second kappa shape index (κ2) is 6.15. The lowest BCUT2D eigenvalue weighted by atomic mass is 9.58. The Morgan fingerprint density at radius 1 is 1.32 bits per heavy atom. The minimum absolute atomic E-state index is 0.265. The summed E-state index contributed by atoms with van der Waals surface area (Å²) in [5.41, 5.74) is 0.265. The molecule has 4 heteroatoms. The van der Waals surface area contributed by atoms with Crippen LogP contribution in [0.3, 0.4) is 0 Å². The minimum Gasteiger partial charge on any atom is -0.489 e. The lowest BCUT2D eigenvalue weighted by Crippen LogP contribution is -2.63. The number of ether oxygens (including phenoxy) is 1.